The number of sulfonamides is 1. The zero-order valence-corrected chi connectivity index (χ0v) is 14.8. The monoisotopic (exact) mass is 348 g/mol. The van der Waals surface area contributed by atoms with Gasteiger partial charge in [-0.05, 0) is 55.4 Å². The molecular formula is C18H24N2O3S. The Morgan fingerprint density at radius 3 is 2.67 bits per heavy atom. The maximum Gasteiger partial charge on any atom is 0.243 e. The van der Waals surface area contributed by atoms with Crippen LogP contribution in [0, 0.1) is 11.8 Å². The molecule has 0 spiro atoms. The lowest BCUT2D eigenvalue weighted by Gasteiger charge is -2.40. The van der Waals surface area contributed by atoms with Gasteiger partial charge in [0.25, 0.3) is 0 Å². The maximum atomic E-state index is 13.1. The van der Waals surface area contributed by atoms with E-state index in [-0.39, 0.29) is 11.8 Å². The topological polar surface area (TPSA) is 66.5 Å². The molecular weight excluding hydrogens is 324 g/mol. The molecule has 2 aliphatic heterocycles. The molecule has 24 heavy (non-hydrogen) atoms. The molecule has 1 aromatic carbocycles. The SMILES string of the molecule is C[C@H]1C(=O)Nc2ccc(S(=O)(=O)N3CC[C@@H]4CCCC[C@@H]4C3)cc21. The Morgan fingerprint density at radius 1 is 1.12 bits per heavy atom. The third-order valence-corrected chi connectivity index (χ3v) is 7.89. The molecule has 3 atom stereocenters. The van der Waals surface area contributed by atoms with E-state index in [9.17, 15) is 13.2 Å². The first-order valence-corrected chi connectivity index (χ1v) is 10.4. The summed E-state index contributed by atoms with van der Waals surface area (Å²) in [6, 6.07) is 5.02. The smallest absolute Gasteiger partial charge is 0.243 e. The molecule has 2 heterocycles. The second-order valence-electron chi connectivity index (χ2n) is 7.42. The van der Waals surface area contributed by atoms with Crippen molar-refractivity contribution in [2.24, 2.45) is 11.8 Å². The first kappa shape index (κ1) is 16.1. The standard InChI is InChI=1S/C18H24N2O3S/c1-12-16-10-15(6-7-17(16)19-18(12)21)24(22,23)20-9-8-13-4-2-3-5-14(13)11-20/h6-7,10,12-14H,2-5,8-9,11H2,1H3,(H,19,21)/t12-,13+,14-/m1/s1. The Kier molecular flexibility index (Phi) is 3.92. The molecule has 0 aromatic heterocycles. The second kappa shape index (κ2) is 5.85. The highest BCUT2D eigenvalue weighted by Gasteiger charge is 2.37. The van der Waals surface area contributed by atoms with Crippen LogP contribution in [-0.2, 0) is 14.8 Å². The molecule has 1 saturated carbocycles. The molecule has 1 aliphatic carbocycles. The lowest BCUT2D eigenvalue weighted by atomic mass is 9.76. The molecule has 0 radical (unpaired) electrons. The Balaban J connectivity index is 1.61. The van der Waals surface area contributed by atoms with Crippen molar-refractivity contribution in [3.8, 4) is 0 Å². The van der Waals surface area contributed by atoms with E-state index in [0.717, 1.165) is 24.1 Å². The van der Waals surface area contributed by atoms with Gasteiger partial charge in [-0.2, -0.15) is 4.31 Å². The lowest BCUT2D eigenvalue weighted by Crippen LogP contribution is -2.44. The third kappa shape index (κ3) is 2.56. The van der Waals surface area contributed by atoms with Crippen LogP contribution < -0.4 is 5.32 Å². The largest absolute Gasteiger partial charge is 0.325 e. The number of nitrogens with zero attached hydrogens (tertiary/aromatic N) is 1. The number of carbonyl (C=O) groups is 1. The Morgan fingerprint density at radius 2 is 1.88 bits per heavy atom. The van der Waals surface area contributed by atoms with Crippen molar-refractivity contribution in [3.05, 3.63) is 23.8 Å². The number of carbonyl (C=O) groups excluding carboxylic acids is 1. The van der Waals surface area contributed by atoms with Crippen LogP contribution in [0.15, 0.2) is 23.1 Å². The summed E-state index contributed by atoms with van der Waals surface area (Å²) in [6.07, 6.45) is 5.89. The predicted molar refractivity (Wildman–Crippen MR) is 92.3 cm³/mol. The zero-order valence-electron chi connectivity index (χ0n) is 14.0. The van der Waals surface area contributed by atoms with Crippen molar-refractivity contribution in [1.29, 1.82) is 0 Å². The molecule has 1 saturated heterocycles. The van der Waals surface area contributed by atoms with Gasteiger partial charge in [0, 0.05) is 18.8 Å². The molecule has 1 amide bonds. The van der Waals surface area contributed by atoms with Crippen LogP contribution in [0.1, 0.15) is 50.5 Å². The van der Waals surface area contributed by atoms with Gasteiger partial charge in [-0.3, -0.25) is 4.79 Å². The minimum atomic E-state index is -3.48. The minimum Gasteiger partial charge on any atom is -0.325 e. The van der Waals surface area contributed by atoms with Crippen LogP contribution in [0.5, 0.6) is 0 Å². The number of amides is 1. The molecule has 0 unspecified atom stereocenters. The van der Waals surface area contributed by atoms with Crippen LogP contribution >= 0.6 is 0 Å². The van der Waals surface area contributed by atoms with Crippen LogP contribution in [0.3, 0.4) is 0 Å². The van der Waals surface area contributed by atoms with Gasteiger partial charge in [-0.1, -0.05) is 19.3 Å². The van der Waals surface area contributed by atoms with Gasteiger partial charge in [0.2, 0.25) is 15.9 Å². The Hall–Kier alpha value is -1.40. The summed E-state index contributed by atoms with van der Waals surface area (Å²) in [5.41, 5.74) is 1.52. The van der Waals surface area contributed by atoms with E-state index in [1.807, 2.05) is 6.92 Å². The molecule has 0 bridgehead atoms. The quantitative estimate of drug-likeness (QED) is 0.893. The van der Waals surface area contributed by atoms with E-state index in [1.54, 1.807) is 22.5 Å². The van der Waals surface area contributed by atoms with Gasteiger partial charge in [0.1, 0.15) is 0 Å². The number of piperidine rings is 1. The average Bonchev–Trinajstić information content (AvgIpc) is 2.88. The first-order valence-electron chi connectivity index (χ1n) is 8.92. The van der Waals surface area contributed by atoms with E-state index in [2.05, 4.69) is 5.32 Å². The molecule has 6 heteroatoms. The summed E-state index contributed by atoms with van der Waals surface area (Å²) in [5.74, 6) is 0.854. The van der Waals surface area contributed by atoms with Crippen molar-refractivity contribution in [3.63, 3.8) is 0 Å². The molecule has 130 valence electrons. The van der Waals surface area contributed by atoms with Crippen LogP contribution in [0.2, 0.25) is 0 Å². The molecule has 1 N–H and O–H groups in total. The minimum absolute atomic E-state index is 0.0671. The number of hydrogen-bond acceptors (Lipinski definition) is 3. The van der Waals surface area contributed by atoms with Crippen molar-refractivity contribution in [2.45, 2.75) is 49.8 Å². The number of fused-ring (bicyclic) bond motifs is 2. The number of nitrogens with one attached hydrogen (secondary N) is 1. The summed E-state index contributed by atoms with van der Waals surface area (Å²) in [7, 11) is -3.48. The van der Waals surface area contributed by atoms with Gasteiger partial charge in [0.15, 0.2) is 0 Å². The van der Waals surface area contributed by atoms with Crippen LogP contribution in [0.4, 0.5) is 5.69 Å². The Bertz CT molecular complexity index is 774. The van der Waals surface area contributed by atoms with E-state index in [0.29, 0.717) is 29.8 Å². The van der Waals surface area contributed by atoms with Crippen LogP contribution in [0.25, 0.3) is 0 Å². The summed E-state index contributed by atoms with van der Waals surface area (Å²) < 4.78 is 27.8. The number of hydrogen-bond donors (Lipinski definition) is 1. The highest BCUT2D eigenvalue weighted by atomic mass is 32.2. The number of anilines is 1. The fourth-order valence-electron chi connectivity index (χ4n) is 4.49. The van der Waals surface area contributed by atoms with E-state index < -0.39 is 10.0 Å². The highest BCUT2D eigenvalue weighted by molar-refractivity contribution is 7.89. The predicted octanol–water partition coefficient (Wildman–Crippen LogP) is 2.94. The van der Waals surface area contributed by atoms with Crippen molar-refractivity contribution < 1.29 is 13.2 Å². The second-order valence-corrected chi connectivity index (χ2v) is 9.35. The fraction of sp³-hybridized carbons (Fsp3) is 0.611. The van der Waals surface area contributed by atoms with Crippen LogP contribution in [-0.4, -0.2) is 31.7 Å². The van der Waals surface area contributed by atoms with Gasteiger partial charge in [-0.15, -0.1) is 0 Å². The number of benzene rings is 1. The summed E-state index contributed by atoms with van der Waals surface area (Å²) in [6.45, 7) is 3.08. The molecule has 3 aliphatic rings. The molecule has 4 rings (SSSR count). The van der Waals surface area contributed by atoms with E-state index in [4.69, 9.17) is 0 Å². The summed E-state index contributed by atoms with van der Waals surface area (Å²) in [5, 5.41) is 2.80. The summed E-state index contributed by atoms with van der Waals surface area (Å²) >= 11 is 0. The molecule has 1 aromatic rings. The average molecular weight is 348 g/mol. The van der Waals surface area contributed by atoms with E-state index in [1.165, 1.54) is 19.3 Å². The highest BCUT2D eigenvalue weighted by Crippen LogP contribution is 2.39. The van der Waals surface area contributed by atoms with Crippen molar-refractivity contribution in [2.75, 3.05) is 18.4 Å². The van der Waals surface area contributed by atoms with Gasteiger partial charge in [-0.25, -0.2) is 8.42 Å². The van der Waals surface area contributed by atoms with E-state index >= 15 is 0 Å². The maximum absolute atomic E-state index is 13.1. The van der Waals surface area contributed by atoms with Gasteiger partial charge in [0.05, 0.1) is 10.8 Å². The van der Waals surface area contributed by atoms with Crippen molar-refractivity contribution in [1.82, 2.24) is 4.31 Å². The van der Waals surface area contributed by atoms with Crippen molar-refractivity contribution >= 4 is 21.6 Å². The summed E-state index contributed by atoms with van der Waals surface area (Å²) in [4.78, 5) is 12.1. The van der Waals surface area contributed by atoms with Gasteiger partial charge < -0.3 is 5.32 Å². The Labute approximate surface area is 143 Å². The number of rotatable bonds is 2. The zero-order chi connectivity index (χ0) is 16.9. The lowest BCUT2D eigenvalue weighted by molar-refractivity contribution is -0.116. The fourth-order valence-corrected chi connectivity index (χ4v) is 6.04. The molecule has 5 nitrogen and oxygen atoms in total. The van der Waals surface area contributed by atoms with Gasteiger partial charge >= 0.3 is 0 Å². The third-order valence-electron chi connectivity index (χ3n) is 6.03. The normalized spacial score (nSPS) is 30.5. The first-order chi connectivity index (χ1) is 11.5. The molecule has 2 fully saturated rings.